The van der Waals surface area contributed by atoms with E-state index >= 15 is 0 Å². The zero-order valence-electron chi connectivity index (χ0n) is 16.2. The summed E-state index contributed by atoms with van der Waals surface area (Å²) in [5.74, 6) is 0.285. The molecule has 0 aliphatic carbocycles. The number of nitrogens with one attached hydrogen (secondary N) is 2. The summed E-state index contributed by atoms with van der Waals surface area (Å²) in [4.78, 5) is 26.6. The molecule has 1 aliphatic heterocycles. The van der Waals surface area contributed by atoms with Gasteiger partial charge in [-0.2, -0.15) is 0 Å². The summed E-state index contributed by atoms with van der Waals surface area (Å²) in [5, 5.41) is 5.70. The van der Waals surface area contributed by atoms with E-state index in [2.05, 4.69) is 39.8 Å². The van der Waals surface area contributed by atoms with Gasteiger partial charge in [-0.3, -0.25) is 14.5 Å². The summed E-state index contributed by atoms with van der Waals surface area (Å²) in [5.41, 5.74) is 3.20. The van der Waals surface area contributed by atoms with Crippen molar-refractivity contribution < 1.29 is 9.59 Å². The van der Waals surface area contributed by atoms with Gasteiger partial charge in [-0.1, -0.05) is 24.3 Å². The van der Waals surface area contributed by atoms with Crippen molar-refractivity contribution in [1.82, 2.24) is 10.2 Å². The maximum Gasteiger partial charge on any atom is 0.230 e. The number of amides is 2. The van der Waals surface area contributed by atoms with Crippen molar-refractivity contribution >= 4 is 29.3 Å². The van der Waals surface area contributed by atoms with Crippen molar-refractivity contribution in [3.63, 3.8) is 0 Å². The lowest BCUT2D eigenvalue weighted by Crippen LogP contribution is -2.24. The van der Waals surface area contributed by atoms with Gasteiger partial charge in [0.25, 0.3) is 0 Å². The number of carbonyl (C=O) groups excluding carboxylic acids is 2. The van der Waals surface area contributed by atoms with Crippen LogP contribution in [0.4, 0.5) is 5.69 Å². The normalized spacial score (nSPS) is 14.0. The van der Waals surface area contributed by atoms with Gasteiger partial charge in [0.15, 0.2) is 0 Å². The molecule has 1 saturated heterocycles. The minimum atomic E-state index is -0.0936. The molecule has 0 bridgehead atoms. The van der Waals surface area contributed by atoms with E-state index in [0.29, 0.717) is 12.3 Å². The Bertz CT molecular complexity index is 784. The molecule has 0 saturated carbocycles. The van der Waals surface area contributed by atoms with E-state index in [1.165, 1.54) is 50.2 Å². The maximum absolute atomic E-state index is 12.1. The molecule has 2 amide bonds. The molecule has 0 radical (unpaired) electrons. The SMILES string of the molecule is CC(=O)Nc1ccc(SCC(=O)NCc2ccc(CN3CCCC3)cc2)cc1. The Morgan fingerprint density at radius 2 is 1.61 bits per heavy atom. The first-order chi connectivity index (χ1) is 13.6. The monoisotopic (exact) mass is 397 g/mol. The Hall–Kier alpha value is -2.31. The summed E-state index contributed by atoms with van der Waals surface area (Å²) >= 11 is 1.48. The van der Waals surface area contributed by atoms with Crippen LogP contribution in [0, 0.1) is 0 Å². The number of hydrogen-bond acceptors (Lipinski definition) is 4. The predicted molar refractivity (Wildman–Crippen MR) is 114 cm³/mol. The summed E-state index contributed by atoms with van der Waals surface area (Å²) in [6, 6.07) is 16.0. The van der Waals surface area contributed by atoms with Crippen LogP contribution in [0.5, 0.6) is 0 Å². The largest absolute Gasteiger partial charge is 0.351 e. The molecule has 0 aromatic heterocycles. The Kier molecular flexibility index (Phi) is 7.51. The number of anilines is 1. The van der Waals surface area contributed by atoms with Crippen LogP contribution in [0.2, 0.25) is 0 Å². The average Bonchev–Trinajstić information content (AvgIpc) is 3.19. The van der Waals surface area contributed by atoms with E-state index in [9.17, 15) is 9.59 Å². The summed E-state index contributed by atoms with van der Waals surface area (Å²) in [6.07, 6.45) is 2.61. The van der Waals surface area contributed by atoms with Crippen molar-refractivity contribution in [3.8, 4) is 0 Å². The van der Waals surface area contributed by atoms with Crippen LogP contribution in [0.3, 0.4) is 0 Å². The summed E-state index contributed by atoms with van der Waals surface area (Å²) < 4.78 is 0. The average molecular weight is 398 g/mol. The minimum Gasteiger partial charge on any atom is -0.351 e. The predicted octanol–water partition coefficient (Wildman–Crippen LogP) is 3.65. The van der Waals surface area contributed by atoms with E-state index in [1.807, 2.05) is 24.3 Å². The van der Waals surface area contributed by atoms with E-state index < -0.39 is 0 Å². The number of hydrogen-bond donors (Lipinski definition) is 2. The highest BCUT2D eigenvalue weighted by Crippen LogP contribution is 2.20. The quantitative estimate of drug-likeness (QED) is 0.668. The van der Waals surface area contributed by atoms with Crippen LogP contribution in [0.1, 0.15) is 30.9 Å². The molecule has 28 heavy (non-hydrogen) atoms. The number of nitrogens with zero attached hydrogens (tertiary/aromatic N) is 1. The fourth-order valence-corrected chi connectivity index (χ4v) is 3.93. The van der Waals surface area contributed by atoms with Gasteiger partial charge in [0.1, 0.15) is 0 Å². The van der Waals surface area contributed by atoms with Gasteiger partial charge in [-0.05, 0) is 61.3 Å². The molecule has 6 heteroatoms. The minimum absolute atomic E-state index is 0.0112. The van der Waals surface area contributed by atoms with Crippen LogP contribution in [-0.4, -0.2) is 35.6 Å². The van der Waals surface area contributed by atoms with Crippen molar-refractivity contribution in [3.05, 3.63) is 59.7 Å². The molecule has 2 aromatic carbocycles. The third kappa shape index (κ3) is 6.69. The van der Waals surface area contributed by atoms with Crippen molar-refractivity contribution in [2.75, 3.05) is 24.2 Å². The summed E-state index contributed by atoms with van der Waals surface area (Å²) in [7, 11) is 0. The zero-order valence-corrected chi connectivity index (χ0v) is 17.1. The van der Waals surface area contributed by atoms with Crippen LogP contribution in [0.25, 0.3) is 0 Å². The second kappa shape index (κ2) is 10.3. The number of benzene rings is 2. The highest BCUT2D eigenvalue weighted by Gasteiger charge is 2.11. The van der Waals surface area contributed by atoms with E-state index in [1.54, 1.807) is 0 Å². The summed E-state index contributed by atoms with van der Waals surface area (Å²) in [6.45, 7) is 5.44. The van der Waals surface area contributed by atoms with E-state index in [-0.39, 0.29) is 11.8 Å². The molecule has 1 fully saturated rings. The van der Waals surface area contributed by atoms with Crippen molar-refractivity contribution in [2.45, 2.75) is 37.8 Å². The molecule has 2 N–H and O–H groups in total. The number of likely N-dealkylation sites (tertiary alicyclic amines) is 1. The first kappa shape index (κ1) is 20.4. The first-order valence-electron chi connectivity index (χ1n) is 9.66. The van der Waals surface area contributed by atoms with Crippen molar-refractivity contribution in [1.29, 1.82) is 0 Å². The Labute approximate surface area is 170 Å². The maximum atomic E-state index is 12.1. The molecular weight excluding hydrogens is 370 g/mol. The molecule has 5 nitrogen and oxygen atoms in total. The van der Waals surface area contributed by atoms with Crippen LogP contribution >= 0.6 is 11.8 Å². The van der Waals surface area contributed by atoms with Gasteiger partial charge in [-0.15, -0.1) is 11.8 Å². The lowest BCUT2D eigenvalue weighted by molar-refractivity contribution is -0.118. The fourth-order valence-electron chi connectivity index (χ4n) is 3.20. The zero-order chi connectivity index (χ0) is 19.8. The van der Waals surface area contributed by atoms with E-state index in [4.69, 9.17) is 0 Å². The third-order valence-corrected chi connectivity index (χ3v) is 5.67. The topological polar surface area (TPSA) is 61.4 Å². The van der Waals surface area contributed by atoms with Gasteiger partial charge in [0, 0.05) is 30.6 Å². The second-order valence-corrected chi connectivity index (χ2v) is 8.12. The highest BCUT2D eigenvalue weighted by molar-refractivity contribution is 8.00. The van der Waals surface area contributed by atoms with E-state index in [0.717, 1.165) is 22.7 Å². The number of thioether (sulfide) groups is 1. The Morgan fingerprint density at radius 1 is 0.964 bits per heavy atom. The van der Waals surface area contributed by atoms with Gasteiger partial charge in [0.05, 0.1) is 5.75 Å². The molecular formula is C22H27N3O2S. The van der Waals surface area contributed by atoms with Gasteiger partial charge >= 0.3 is 0 Å². The van der Waals surface area contributed by atoms with Gasteiger partial charge in [-0.25, -0.2) is 0 Å². The lowest BCUT2D eigenvalue weighted by atomic mass is 10.1. The molecule has 0 spiro atoms. The molecule has 1 aliphatic rings. The molecule has 2 aromatic rings. The van der Waals surface area contributed by atoms with Gasteiger partial charge < -0.3 is 10.6 Å². The highest BCUT2D eigenvalue weighted by atomic mass is 32.2. The molecule has 0 unspecified atom stereocenters. The molecule has 1 heterocycles. The van der Waals surface area contributed by atoms with Gasteiger partial charge in [0.2, 0.25) is 11.8 Å². The van der Waals surface area contributed by atoms with Crippen LogP contribution in [0.15, 0.2) is 53.4 Å². The first-order valence-corrected chi connectivity index (χ1v) is 10.6. The molecule has 148 valence electrons. The van der Waals surface area contributed by atoms with Crippen LogP contribution in [-0.2, 0) is 22.7 Å². The third-order valence-electron chi connectivity index (χ3n) is 4.66. The molecule has 0 atom stereocenters. The Morgan fingerprint density at radius 3 is 2.25 bits per heavy atom. The number of rotatable bonds is 8. The van der Waals surface area contributed by atoms with Crippen molar-refractivity contribution in [2.24, 2.45) is 0 Å². The fraction of sp³-hybridized carbons (Fsp3) is 0.364. The molecule has 3 rings (SSSR count). The second-order valence-electron chi connectivity index (χ2n) is 7.07. The standard InChI is InChI=1S/C22H27N3O2S/c1-17(26)24-20-8-10-21(11-9-20)28-16-22(27)23-14-18-4-6-19(7-5-18)15-25-12-2-3-13-25/h4-11H,2-3,12-16H2,1H3,(H,23,27)(H,24,26). The number of carbonyl (C=O) groups is 2. The van der Waals surface area contributed by atoms with Crippen LogP contribution < -0.4 is 10.6 Å². The lowest BCUT2D eigenvalue weighted by Gasteiger charge is -2.14. The Balaban J connectivity index is 1.38. The smallest absolute Gasteiger partial charge is 0.230 e.